The van der Waals surface area contributed by atoms with Gasteiger partial charge in [0.1, 0.15) is 18.3 Å². The highest BCUT2D eigenvalue weighted by Crippen LogP contribution is 2.12. The van der Waals surface area contributed by atoms with Crippen molar-refractivity contribution < 1.29 is 9.53 Å². The number of nitrogens with zero attached hydrogens (tertiary/aromatic N) is 2. The minimum atomic E-state index is -0.721. The number of hydrogen-bond acceptors (Lipinski definition) is 4. The third kappa shape index (κ3) is 3.15. The molecule has 3 rings (SSSR count). The van der Waals surface area contributed by atoms with Crippen molar-refractivity contribution in [2.45, 2.75) is 19.2 Å². The third-order valence-corrected chi connectivity index (χ3v) is 3.44. The van der Waals surface area contributed by atoms with Crippen LogP contribution in [0.25, 0.3) is 11.0 Å². The number of nitrogens with two attached hydrogens (primary N) is 1. The van der Waals surface area contributed by atoms with Crippen LogP contribution in [0.3, 0.4) is 0 Å². The van der Waals surface area contributed by atoms with Crippen LogP contribution in [0.15, 0.2) is 60.9 Å². The number of carbonyl (C=O) groups excluding carboxylic acids is 1. The van der Waals surface area contributed by atoms with Crippen LogP contribution in [-0.2, 0) is 22.7 Å². The number of pyridine rings is 1. The molecule has 2 aromatic heterocycles. The first-order valence-electron chi connectivity index (χ1n) is 7.10. The van der Waals surface area contributed by atoms with E-state index in [1.807, 2.05) is 59.3 Å². The van der Waals surface area contributed by atoms with E-state index in [0.29, 0.717) is 6.54 Å². The fourth-order valence-corrected chi connectivity index (χ4v) is 2.29. The van der Waals surface area contributed by atoms with Crippen LogP contribution >= 0.6 is 0 Å². The molecule has 5 nitrogen and oxygen atoms in total. The first-order chi connectivity index (χ1) is 10.7. The minimum absolute atomic E-state index is 0.234. The molecule has 0 radical (unpaired) electrons. The second-order valence-corrected chi connectivity index (χ2v) is 5.08. The molecule has 1 aromatic carbocycles. The van der Waals surface area contributed by atoms with E-state index in [0.717, 1.165) is 16.6 Å². The Hall–Kier alpha value is -2.66. The molecule has 112 valence electrons. The summed E-state index contributed by atoms with van der Waals surface area (Å²) in [4.78, 5) is 16.3. The largest absolute Gasteiger partial charge is 0.460 e. The molecule has 0 amide bonds. The Morgan fingerprint density at radius 3 is 2.82 bits per heavy atom. The Kier molecular flexibility index (Phi) is 4.16. The summed E-state index contributed by atoms with van der Waals surface area (Å²) >= 11 is 0. The molecule has 0 unspecified atom stereocenters. The summed E-state index contributed by atoms with van der Waals surface area (Å²) < 4.78 is 7.12. The van der Waals surface area contributed by atoms with Crippen molar-refractivity contribution in [3.63, 3.8) is 0 Å². The number of aromatic nitrogens is 2. The molecular weight excluding hydrogens is 278 g/mol. The van der Waals surface area contributed by atoms with Crippen molar-refractivity contribution in [1.29, 1.82) is 0 Å². The molecule has 0 saturated heterocycles. The van der Waals surface area contributed by atoms with E-state index < -0.39 is 12.0 Å². The summed E-state index contributed by atoms with van der Waals surface area (Å²) in [5.74, 6) is -0.415. The molecule has 0 aliphatic heterocycles. The van der Waals surface area contributed by atoms with Crippen molar-refractivity contribution in [2.24, 2.45) is 5.73 Å². The van der Waals surface area contributed by atoms with Gasteiger partial charge in [-0.3, -0.25) is 4.79 Å². The molecule has 22 heavy (non-hydrogen) atoms. The summed E-state index contributed by atoms with van der Waals surface area (Å²) in [6, 6.07) is 14.6. The lowest BCUT2D eigenvalue weighted by Crippen LogP contribution is -2.36. The molecule has 1 atom stereocenters. The molecule has 0 aliphatic rings. The number of fused-ring (bicyclic) bond motifs is 1. The molecule has 0 aliphatic carbocycles. The highest BCUT2D eigenvalue weighted by molar-refractivity contribution is 5.77. The third-order valence-electron chi connectivity index (χ3n) is 3.44. The Labute approximate surface area is 128 Å². The van der Waals surface area contributed by atoms with E-state index in [1.165, 1.54) is 0 Å². The van der Waals surface area contributed by atoms with Gasteiger partial charge in [-0.05, 0) is 23.8 Å². The van der Waals surface area contributed by atoms with Crippen LogP contribution in [0, 0.1) is 0 Å². The van der Waals surface area contributed by atoms with Gasteiger partial charge in [-0.1, -0.05) is 30.3 Å². The number of carbonyl (C=O) groups is 1. The lowest BCUT2D eigenvalue weighted by atomic mass is 10.2. The van der Waals surface area contributed by atoms with Gasteiger partial charge in [-0.25, -0.2) is 4.98 Å². The van der Waals surface area contributed by atoms with Gasteiger partial charge in [-0.2, -0.15) is 0 Å². The Morgan fingerprint density at radius 1 is 1.18 bits per heavy atom. The van der Waals surface area contributed by atoms with Crippen LogP contribution in [-0.4, -0.2) is 21.6 Å². The summed E-state index contributed by atoms with van der Waals surface area (Å²) in [7, 11) is 0. The van der Waals surface area contributed by atoms with E-state index in [1.54, 1.807) is 6.20 Å². The van der Waals surface area contributed by atoms with E-state index in [2.05, 4.69) is 4.98 Å². The van der Waals surface area contributed by atoms with E-state index in [9.17, 15) is 4.79 Å². The lowest BCUT2D eigenvalue weighted by molar-refractivity contribution is -0.146. The van der Waals surface area contributed by atoms with Crippen molar-refractivity contribution in [3.8, 4) is 0 Å². The van der Waals surface area contributed by atoms with E-state index >= 15 is 0 Å². The van der Waals surface area contributed by atoms with Crippen LogP contribution in [0.5, 0.6) is 0 Å². The molecule has 0 fully saturated rings. The number of esters is 1. The van der Waals surface area contributed by atoms with Gasteiger partial charge < -0.3 is 15.0 Å². The quantitative estimate of drug-likeness (QED) is 0.732. The maximum absolute atomic E-state index is 12.0. The molecule has 3 aromatic rings. The summed E-state index contributed by atoms with van der Waals surface area (Å²) in [6.45, 7) is 0.576. The monoisotopic (exact) mass is 295 g/mol. The molecule has 5 heteroatoms. The van der Waals surface area contributed by atoms with Crippen molar-refractivity contribution in [2.75, 3.05) is 0 Å². The molecule has 0 bridgehead atoms. The normalized spacial score (nSPS) is 12.2. The summed E-state index contributed by atoms with van der Waals surface area (Å²) in [5, 5.41) is 1.02. The van der Waals surface area contributed by atoms with Gasteiger partial charge in [0.05, 0.1) is 0 Å². The highest BCUT2D eigenvalue weighted by Gasteiger charge is 2.17. The fourth-order valence-electron chi connectivity index (χ4n) is 2.29. The lowest BCUT2D eigenvalue weighted by Gasteiger charge is -2.13. The standard InChI is InChI=1S/C17H17N3O2/c18-15(17(21)22-12-13-5-2-1-3-6-13)11-20-10-8-14-7-4-9-19-16(14)20/h1-10,15H,11-12,18H2/t15-/m0/s1. The molecular formula is C17H17N3O2. The van der Waals surface area contributed by atoms with Gasteiger partial charge >= 0.3 is 5.97 Å². The van der Waals surface area contributed by atoms with Crippen molar-refractivity contribution in [3.05, 3.63) is 66.5 Å². The first-order valence-corrected chi connectivity index (χ1v) is 7.10. The summed E-state index contributed by atoms with van der Waals surface area (Å²) in [5.41, 5.74) is 7.70. The Balaban J connectivity index is 1.61. The minimum Gasteiger partial charge on any atom is -0.460 e. The van der Waals surface area contributed by atoms with E-state index in [-0.39, 0.29) is 6.61 Å². The van der Waals surface area contributed by atoms with Crippen LogP contribution < -0.4 is 5.73 Å². The van der Waals surface area contributed by atoms with Crippen LogP contribution in [0.4, 0.5) is 0 Å². The molecule has 2 N–H and O–H groups in total. The number of benzene rings is 1. The average Bonchev–Trinajstić information content (AvgIpc) is 2.97. The number of hydrogen-bond donors (Lipinski definition) is 1. The average molecular weight is 295 g/mol. The second-order valence-electron chi connectivity index (χ2n) is 5.08. The predicted octanol–water partition coefficient (Wildman–Crippen LogP) is 2.11. The molecule has 0 saturated carbocycles. The zero-order chi connectivity index (χ0) is 15.4. The fraction of sp³-hybridized carbons (Fsp3) is 0.176. The zero-order valence-electron chi connectivity index (χ0n) is 12.1. The van der Waals surface area contributed by atoms with Gasteiger partial charge in [-0.15, -0.1) is 0 Å². The van der Waals surface area contributed by atoms with Crippen LogP contribution in [0.2, 0.25) is 0 Å². The van der Waals surface area contributed by atoms with Crippen molar-refractivity contribution >= 4 is 17.0 Å². The van der Waals surface area contributed by atoms with Gasteiger partial charge in [0.2, 0.25) is 0 Å². The Bertz CT molecular complexity index is 768. The van der Waals surface area contributed by atoms with Crippen LogP contribution in [0.1, 0.15) is 5.56 Å². The molecule has 2 heterocycles. The van der Waals surface area contributed by atoms with E-state index in [4.69, 9.17) is 10.5 Å². The SMILES string of the molecule is N[C@@H](Cn1ccc2cccnc21)C(=O)OCc1ccccc1. The van der Waals surface area contributed by atoms with Gasteiger partial charge in [0, 0.05) is 24.3 Å². The highest BCUT2D eigenvalue weighted by atomic mass is 16.5. The van der Waals surface area contributed by atoms with Gasteiger partial charge in [0.25, 0.3) is 0 Å². The maximum atomic E-state index is 12.0. The maximum Gasteiger partial charge on any atom is 0.325 e. The number of ether oxygens (including phenoxy) is 1. The van der Waals surface area contributed by atoms with Gasteiger partial charge in [0.15, 0.2) is 0 Å². The number of rotatable bonds is 5. The molecule has 0 spiro atoms. The first kappa shape index (κ1) is 14.3. The predicted molar refractivity (Wildman–Crippen MR) is 83.9 cm³/mol. The zero-order valence-corrected chi connectivity index (χ0v) is 12.1. The van der Waals surface area contributed by atoms with Crippen molar-refractivity contribution in [1.82, 2.24) is 9.55 Å². The summed E-state index contributed by atoms with van der Waals surface area (Å²) in [6.07, 6.45) is 3.60. The second kappa shape index (κ2) is 6.41. The topological polar surface area (TPSA) is 70.1 Å². The Morgan fingerprint density at radius 2 is 2.00 bits per heavy atom. The smallest absolute Gasteiger partial charge is 0.325 e.